The highest BCUT2D eigenvalue weighted by Crippen LogP contribution is 2.52. The van der Waals surface area contributed by atoms with Crippen LogP contribution in [0.25, 0.3) is 11.0 Å². The first-order valence-electron chi connectivity index (χ1n) is 19.1. The first-order valence-corrected chi connectivity index (χ1v) is 19.1. The average Bonchev–Trinajstić information content (AvgIpc) is 3.92. The molecule has 8 unspecified atom stereocenters. The normalized spacial score (nSPS) is 26.9. The maximum Gasteiger partial charge on any atom is 0.220 e. The van der Waals surface area contributed by atoms with Gasteiger partial charge in [-0.25, -0.2) is 9.78 Å². The number of carbonyl (C=O) groups is 1. The van der Waals surface area contributed by atoms with Crippen LogP contribution in [-0.2, 0) is 27.4 Å². The summed E-state index contributed by atoms with van der Waals surface area (Å²) in [5.41, 5.74) is 0.451. The Hall–Kier alpha value is -4.61. The molecule has 7 N–H and O–H groups in total. The van der Waals surface area contributed by atoms with Crippen LogP contribution < -0.4 is 20.4 Å². The first kappa shape index (κ1) is 38.3. The lowest BCUT2D eigenvalue weighted by atomic mass is 9.68. The zero-order valence-corrected chi connectivity index (χ0v) is 31.0. The number of phenols is 1. The molecular weight excluding hydrogens is 726 g/mol. The molecule has 1 aromatic heterocycles. The minimum absolute atomic E-state index is 0.00405. The summed E-state index contributed by atoms with van der Waals surface area (Å²) in [7, 11) is 0. The minimum atomic E-state index is -2.25. The Labute approximate surface area is 322 Å². The van der Waals surface area contributed by atoms with Crippen molar-refractivity contribution in [2.45, 2.75) is 87.5 Å². The van der Waals surface area contributed by atoms with Crippen LogP contribution in [0.5, 0.6) is 11.5 Å². The molecule has 298 valence electrons. The molecule has 1 aliphatic carbocycles. The third-order valence-corrected chi connectivity index (χ3v) is 12.0. The molecule has 8 rings (SSSR count). The van der Waals surface area contributed by atoms with E-state index in [1.165, 1.54) is 30.3 Å². The maximum absolute atomic E-state index is 13.5. The third-order valence-electron chi connectivity index (χ3n) is 12.0. The highest BCUT2D eigenvalue weighted by atomic mass is 17.2. The van der Waals surface area contributed by atoms with Gasteiger partial charge in [0.1, 0.15) is 59.4 Å². The topological polar surface area (TPSA) is 224 Å². The van der Waals surface area contributed by atoms with Crippen LogP contribution in [0.15, 0.2) is 74.7 Å². The number of aliphatic imine (C=N–C) groups is 1. The molecule has 2 aromatic carbocycles. The largest absolute Gasteiger partial charge is 0.508 e. The number of nitrogens with zero attached hydrogens (tertiary/aromatic N) is 2. The molecule has 1 spiro atoms. The number of anilines is 1. The van der Waals surface area contributed by atoms with E-state index in [4.69, 9.17) is 18.9 Å². The predicted molar refractivity (Wildman–Crippen MR) is 202 cm³/mol. The van der Waals surface area contributed by atoms with E-state index in [1.807, 2.05) is 17.2 Å². The number of phenolic OH excluding ortho intramolecular Hbond substituents is 1. The SMILES string of the molecule is Cc1cc(=O)c2cc3c(c(N4C=C5C=CN=C5C4)c2o1)OC1(CCCC(C2CNC(=O)C2)C1)C(OOCC(O)(Cc1ccc(O)cc1)C(O)C(O)C(O)CO)C3. The molecule has 15 heteroatoms. The number of ether oxygens (including phenoxy) is 1. The van der Waals surface area contributed by atoms with Crippen LogP contribution in [0.4, 0.5) is 5.69 Å². The van der Waals surface area contributed by atoms with Crippen LogP contribution in [0.1, 0.15) is 49.0 Å². The summed E-state index contributed by atoms with van der Waals surface area (Å²) < 4.78 is 13.5. The number of hydrogen-bond donors (Lipinski definition) is 7. The van der Waals surface area contributed by atoms with Crippen LogP contribution in [0, 0.1) is 18.8 Å². The van der Waals surface area contributed by atoms with Crippen molar-refractivity contribution in [2.24, 2.45) is 16.8 Å². The standard InChI is InChI=1S/C41H47N3O12/c1-22-11-31(47)29-12-26-13-33(56-53-21-40(52,39(51)36(50)32(48)20-45)15-23-4-6-28(46)7-5-23)41(9-2-3-24(16-41)27-14-34(49)43-17-27)55-37(26)35(38(29)54-22)44-18-25-8-10-42-30(25)19-44/h4-8,10-12,18,24,27,32-33,36,39,45-46,48,50-52H,2-3,9,13-17,19-21H2,1H3,(H,43,49). The number of fused-ring (bicyclic) bond motifs is 3. The van der Waals surface area contributed by atoms with Crippen molar-refractivity contribution in [2.75, 3.05) is 31.2 Å². The lowest BCUT2D eigenvalue weighted by Crippen LogP contribution is -2.58. The summed E-state index contributed by atoms with van der Waals surface area (Å²) >= 11 is 0. The molecule has 1 amide bonds. The van der Waals surface area contributed by atoms with Gasteiger partial charge in [0.2, 0.25) is 5.91 Å². The number of allylic oxidation sites excluding steroid dienone is 1. The van der Waals surface area contributed by atoms with Crippen LogP contribution >= 0.6 is 0 Å². The Balaban J connectivity index is 1.16. The number of aliphatic hydroxyl groups excluding tert-OH is 4. The van der Waals surface area contributed by atoms with Gasteiger partial charge in [-0.2, -0.15) is 0 Å². The van der Waals surface area contributed by atoms with Crippen molar-refractivity contribution in [3.63, 3.8) is 0 Å². The summed E-state index contributed by atoms with van der Waals surface area (Å²) in [6.45, 7) is 1.16. The number of benzene rings is 2. The van der Waals surface area contributed by atoms with Gasteiger partial charge in [0, 0.05) is 55.4 Å². The Morgan fingerprint density at radius 2 is 1.93 bits per heavy atom. The van der Waals surface area contributed by atoms with Gasteiger partial charge >= 0.3 is 0 Å². The van der Waals surface area contributed by atoms with Gasteiger partial charge in [-0.1, -0.05) is 12.1 Å². The molecule has 5 aliphatic rings. The molecule has 8 atom stereocenters. The number of aromatic hydroxyl groups is 1. The van der Waals surface area contributed by atoms with E-state index in [1.54, 1.807) is 19.2 Å². The third kappa shape index (κ3) is 7.13. The van der Waals surface area contributed by atoms with Gasteiger partial charge in [0.05, 0.1) is 24.2 Å². The fraction of sp³-hybridized carbons (Fsp3) is 0.488. The number of aryl methyl sites for hydroxylation is 1. The average molecular weight is 774 g/mol. The van der Waals surface area contributed by atoms with Crippen molar-refractivity contribution in [3.05, 3.63) is 87.6 Å². The number of hydrogen-bond acceptors (Lipinski definition) is 14. The predicted octanol–water partition coefficient (Wildman–Crippen LogP) is 1.84. The van der Waals surface area contributed by atoms with E-state index >= 15 is 0 Å². The number of amides is 1. The first-order chi connectivity index (χ1) is 26.9. The van der Waals surface area contributed by atoms with E-state index in [0.29, 0.717) is 71.6 Å². The quantitative estimate of drug-likeness (QED) is 0.103. The fourth-order valence-corrected chi connectivity index (χ4v) is 9.00. The van der Waals surface area contributed by atoms with Gasteiger partial charge in [0.15, 0.2) is 16.8 Å². The van der Waals surface area contributed by atoms with E-state index in [2.05, 4.69) is 10.3 Å². The van der Waals surface area contributed by atoms with Crippen molar-refractivity contribution in [3.8, 4) is 11.5 Å². The molecule has 5 heterocycles. The van der Waals surface area contributed by atoms with Gasteiger partial charge in [-0.3, -0.25) is 14.6 Å². The Kier molecular flexibility index (Phi) is 10.3. The Morgan fingerprint density at radius 3 is 2.66 bits per heavy atom. The Bertz CT molecular complexity index is 2150. The van der Waals surface area contributed by atoms with Crippen molar-refractivity contribution >= 4 is 28.3 Å². The molecule has 1 saturated carbocycles. The zero-order valence-electron chi connectivity index (χ0n) is 31.0. The molecule has 2 fully saturated rings. The highest BCUT2D eigenvalue weighted by molar-refractivity contribution is 6.12. The second-order valence-corrected chi connectivity index (χ2v) is 15.9. The lowest BCUT2D eigenvalue weighted by Gasteiger charge is -2.49. The molecule has 56 heavy (non-hydrogen) atoms. The number of carbonyl (C=O) groups excluding carboxylic acids is 1. The smallest absolute Gasteiger partial charge is 0.220 e. The monoisotopic (exact) mass is 773 g/mol. The summed E-state index contributed by atoms with van der Waals surface area (Å²) in [6, 6.07) is 9.06. The number of nitrogens with one attached hydrogen (secondary N) is 1. The molecule has 0 bridgehead atoms. The van der Waals surface area contributed by atoms with Crippen molar-refractivity contribution in [1.29, 1.82) is 0 Å². The van der Waals surface area contributed by atoms with E-state index < -0.39 is 48.8 Å². The molecule has 15 nitrogen and oxygen atoms in total. The molecule has 3 aromatic rings. The zero-order chi connectivity index (χ0) is 39.4. The number of aliphatic hydroxyl groups is 5. The van der Waals surface area contributed by atoms with Crippen molar-refractivity contribution in [1.82, 2.24) is 5.32 Å². The molecular formula is C41H47N3O12. The van der Waals surface area contributed by atoms with E-state index in [-0.39, 0.29) is 41.8 Å². The van der Waals surface area contributed by atoms with Crippen LogP contribution in [0.3, 0.4) is 0 Å². The van der Waals surface area contributed by atoms with E-state index in [0.717, 1.165) is 24.1 Å². The van der Waals surface area contributed by atoms with E-state index in [9.17, 15) is 40.2 Å². The fourth-order valence-electron chi connectivity index (χ4n) is 9.00. The molecule has 0 radical (unpaired) electrons. The van der Waals surface area contributed by atoms with Gasteiger partial charge in [0.25, 0.3) is 0 Å². The second-order valence-electron chi connectivity index (χ2n) is 15.9. The van der Waals surface area contributed by atoms with Crippen molar-refractivity contribution < 1.29 is 54.4 Å². The Morgan fingerprint density at radius 1 is 1.12 bits per heavy atom. The summed E-state index contributed by atoms with van der Waals surface area (Å²) in [5, 5.41) is 66.6. The summed E-state index contributed by atoms with van der Waals surface area (Å²) in [4.78, 5) is 44.5. The van der Waals surface area contributed by atoms with Gasteiger partial charge < -0.3 is 50.0 Å². The van der Waals surface area contributed by atoms with Crippen LogP contribution in [0.2, 0.25) is 0 Å². The highest BCUT2D eigenvalue weighted by Gasteiger charge is 2.53. The maximum atomic E-state index is 13.5. The van der Waals surface area contributed by atoms with Gasteiger partial charge in [-0.15, -0.1) is 0 Å². The van der Waals surface area contributed by atoms with Crippen LogP contribution in [-0.4, -0.2) is 104 Å². The summed E-state index contributed by atoms with van der Waals surface area (Å²) in [6.07, 6.45) is 2.13. The lowest BCUT2D eigenvalue weighted by molar-refractivity contribution is -0.374. The van der Waals surface area contributed by atoms with Gasteiger partial charge in [-0.05, 0) is 74.3 Å². The second kappa shape index (κ2) is 15.0. The summed E-state index contributed by atoms with van der Waals surface area (Å²) in [5.74, 6) is 1.15. The number of rotatable bonds is 12. The molecule has 1 saturated heterocycles. The molecule has 4 aliphatic heterocycles. The minimum Gasteiger partial charge on any atom is -0.508 e.